The molecular weight excluding hydrogens is 319 g/mol. The van der Waals surface area contributed by atoms with Crippen LogP contribution in [-0.2, 0) is 0 Å². The molecule has 1 aromatic heterocycles. The van der Waals surface area contributed by atoms with Gasteiger partial charge in [0.05, 0.1) is 5.39 Å². The summed E-state index contributed by atoms with van der Waals surface area (Å²) in [4.78, 5) is 4.43. The van der Waals surface area contributed by atoms with E-state index in [2.05, 4.69) is 4.98 Å². The number of fused-ring (bicyclic) bond motifs is 1. The molecule has 0 fully saturated rings. The van der Waals surface area contributed by atoms with Gasteiger partial charge in [-0.2, -0.15) is 0 Å². The zero-order valence-electron chi connectivity index (χ0n) is 12.0. The molecule has 0 aliphatic heterocycles. The van der Waals surface area contributed by atoms with Crippen LogP contribution in [0, 0.1) is 5.21 Å². The number of alkyl halides is 1. The van der Waals surface area contributed by atoms with E-state index in [4.69, 9.17) is 23.2 Å². The van der Waals surface area contributed by atoms with E-state index in [-0.39, 0.29) is 0 Å². The summed E-state index contributed by atoms with van der Waals surface area (Å²) in [5.41, 5.74) is 2.06. The van der Waals surface area contributed by atoms with E-state index in [0.29, 0.717) is 28.5 Å². The largest absolute Gasteiger partial charge is 0.710 e. The monoisotopic (exact) mass is 332 g/mol. The maximum absolute atomic E-state index is 12.8. The highest BCUT2D eigenvalue weighted by molar-refractivity contribution is 6.31. The van der Waals surface area contributed by atoms with Crippen molar-refractivity contribution in [2.75, 3.05) is 0 Å². The maximum atomic E-state index is 12.8. The van der Waals surface area contributed by atoms with Gasteiger partial charge in [0.2, 0.25) is 0 Å². The van der Waals surface area contributed by atoms with Crippen LogP contribution in [0.4, 0.5) is 0 Å². The Kier molecular flexibility index (Phi) is 4.19. The number of halogens is 2. The third-order valence-corrected chi connectivity index (χ3v) is 4.28. The molecule has 112 valence electrons. The summed E-state index contributed by atoms with van der Waals surface area (Å²) in [6, 6.07) is 14.8. The second-order valence-corrected chi connectivity index (χ2v) is 5.98. The smallest absolute Gasteiger partial charge is 0.320 e. The van der Waals surface area contributed by atoms with Crippen molar-refractivity contribution in [3.63, 3.8) is 0 Å². The van der Waals surface area contributed by atoms with Crippen LogP contribution in [0.5, 0.6) is 0 Å². The van der Waals surface area contributed by atoms with Crippen molar-refractivity contribution < 1.29 is 4.73 Å². The predicted octanol–water partition coefficient (Wildman–Crippen LogP) is 4.88. The van der Waals surface area contributed by atoms with Gasteiger partial charge in [-0.3, -0.25) is 0 Å². The molecular formula is C17H14Cl2N2O. The molecule has 0 bridgehead atoms. The minimum atomic E-state index is -0.431. The van der Waals surface area contributed by atoms with Gasteiger partial charge in [0.15, 0.2) is 5.52 Å². The predicted molar refractivity (Wildman–Crippen MR) is 90.0 cm³/mol. The van der Waals surface area contributed by atoms with E-state index < -0.39 is 5.38 Å². The molecule has 0 N–H and O–H groups in total. The van der Waals surface area contributed by atoms with Crippen molar-refractivity contribution in [1.29, 1.82) is 0 Å². The minimum absolute atomic E-state index is 0.317. The van der Waals surface area contributed by atoms with Crippen molar-refractivity contribution >= 4 is 34.1 Å². The van der Waals surface area contributed by atoms with Crippen molar-refractivity contribution in [3.8, 4) is 11.3 Å². The molecule has 0 radical (unpaired) electrons. The molecule has 2 aromatic carbocycles. The Balaban J connectivity index is 2.40. The van der Waals surface area contributed by atoms with Crippen LogP contribution >= 0.6 is 23.2 Å². The summed E-state index contributed by atoms with van der Waals surface area (Å²) in [6.07, 6.45) is 0.629. The topological polar surface area (TPSA) is 39.8 Å². The number of rotatable bonds is 3. The highest BCUT2D eigenvalue weighted by atomic mass is 35.5. The molecule has 0 saturated carbocycles. The second kappa shape index (κ2) is 6.11. The molecule has 0 spiro atoms. The van der Waals surface area contributed by atoms with E-state index in [0.717, 1.165) is 15.7 Å². The third kappa shape index (κ3) is 2.62. The SMILES string of the molecule is CCC(Cl)c1nc2ccc(Cl)cc2c(-c2ccccc2)[n+]1[O-]. The standard InChI is InChI=1S/C17H14Cl2N2O/c1-2-14(19)17-20-15-9-8-12(18)10-13(15)16(21(17)22)11-6-4-3-5-7-11/h3-10,14H,2H2,1H3. The fourth-order valence-corrected chi connectivity index (χ4v) is 2.75. The van der Waals surface area contributed by atoms with Crippen molar-refractivity contribution in [2.45, 2.75) is 18.7 Å². The minimum Gasteiger partial charge on any atom is -0.710 e. The van der Waals surface area contributed by atoms with Crippen molar-refractivity contribution in [3.05, 3.63) is 64.6 Å². The number of hydrogen-bond donors (Lipinski definition) is 0. The average Bonchev–Trinajstić information content (AvgIpc) is 2.54. The van der Waals surface area contributed by atoms with E-state index >= 15 is 0 Å². The van der Waals surface area contributed by atoms with Crippen LogP contribution in [0.3, 0.4) is 0 Å². The molecule has 0 saturated heterocycles. The van der Waals surface area contributed by atoms with Crippen molar-refractivity contribution in [1.82, 2.24) is 4.98 Å². The maximum Gasteiger partial charge on any atom is 0.320 e. The van der Waals surface area contributed by atoms with Crippen LogP contribution < -0.4 is 4.73 Å². The van der Waals surface area contributed by atoms with Gasteiger partial charge in [-0.25, -0.2) is 4.73 Å². The van der Waals surface area contributed by atoms with E-state index in [1.807, 2.05) is 43.3 Å². The molecule has 3 aromatic rings. The summed E-state index contributed by atoms with van der Waals surface area (Å²) >= 11 is 12.4. The summed E-state index contributed by atoms with van der Waals surface area (Å²) in [5.74, 6) is 0.317. The molecule has 22 heavy (non-hydrogen) atoms. The van der Waals surface area contributed by atoms with Crippen LogP contribution in [0.15, 0.2) is 48.5 Å². The number of nitrogens with zero attached hydrogens (tertiary/aromatic N) is 2. The number of hydrogen-bond acceptors (Lipinski definition) is 2. The Bertz CT molecular complexity index is 822. The lowest BCUT2D eigenvalue weighted by Crippen LogP contribution is -2.37. The van der Waals surface area contributed by atoms with Gasteiger partial charge < -0.3 is 5.21 Å². The van der Waals surface area contributed by atoms with Gasteiger partial charge in [0, 0.05) is 10.6 Å². The Morgan fingerprint density at radius 3 is 2.59 bits per heavy atom. The summed E-state index contributed by atoms with van der Waals surface area (Å²) < 4.78 is 0.829. The second-order valence-electron chi connectivity index (χ2n) is 5.02. The molecule has 0 amide bonds. The lowest BCUT2D eigenvalue weighted by molar-refractivity contribution is -0.605. The number of aromatic nitrogens is 2. The molecule has 1 heterocycles. The Morgan fingerprint density at radius 1 is 1.18 bits per heavy atom. The van der Waals surface area contributed by atoms with Crippen LogP contribution in [0.2, 0.25) is 5.02 Å². The first kappa shape index (κ1) is 15.1. The van der Waals surface area contributed by atoms with Gasteiger partial charge in [-0.15, -0.1) is 11.6 Å². The van der Waals surface area contributed by atoms with Gasteiger partial charge in [-0.1, -0.05) is 48.9 Å². The van der Waals surface area contributed by atoms with Crippen LogP contribution in [-0.4, -0.2) is 4.98 Å². The summed E-state index contributed by atoms with van der Waals surface area (Å²) in [6.45, 7) is 1.92. The van der Waals surface area contributed by atoms with Crippen LogP contribution in [0.1, 0.15) is 24.5 Å². The fourth-order valence-electron chi connectivity index (χ4n) is 2.44. The third-order valence-electron chi connectivity index (χ3n) is 3.55. The molecule has 0 aliphatic carbocycles. The number of benzene rings is 2. The average molecular weight is 333 g/mol. The van der Waals surface area contributed by atoms with Gasteiger partial charge in [-0.05, 0) is 29.6 Å². The lowest BCUT2D eigenvalue weighted by atomic mass is 10.1. The Labute approximate surface area is 138 Å². The fraction of sp³-hybridized carbons (Fsp3) is 0.176. The zero-order valence-corrected chi connectivity index (χ0v) is 13.5. The van der Waals surface area contributed by atoms with E-state index in [1.165, 1.54) is 0 Å². The van der Waals surface area contributed by atoms with Crippen LogP contribution in [0.25, 0.3) is 22.2 Å². The van der Waals surface area contributed by atoms with Gasteiger partial charge >= 0.3 is 5.82 Å². The Hall–Kier alpha value is -1.84. The van der Waals surface area contributed by atoms with E-state index in [1.54, 1.807) is 12.1 Å². The molecule has 1 unspecified atom stereocenters. The van der Waals surface area contributed by atoms with Gasteiger partial charge in [0.1, 0.15) is 11.1 Å². The first-order chi connectivity index (χ1) is 10.6. The quantitative estimate of drug-likeness (QED) is 0.389. The zero-order chi connectivity index (χ0) is 15.7. The normalized spacial score (nSPS) is 12.5. The first-order valence-electron chi connectivity index (χ1n) is 7.04. The molecule has 3 nitrogen and oxygen atoms in total. The highest BCUT2D eigenvalue weighted by Gasteiger charge is 2.24. The summed E-state index contributed by atoms with van der Waals surface area (Å²) in [7, 11) is 0. The van der Waals surface area contributed by atoms with Gasteiger partial charge in [0.25, 0.3) is 0 Å². The molecule has 1 atom stereocenters. The first-order valence-corrected chi connectivity index (χ1v) is 7.85. The summed E-state index contributed by atoms with van der Waals surface area (Å²) in [5, 5.41) is 13.7. The molecule has 0 aliphatic rings. The lowest BCUT2D eigenvalue weighted by Gasteiger charge is -2.16. The Morgan fingerprint density at radius 2 is 1.91 bits per heavy atom. The van der Waals surface area contributed by atoms with Crippen molar-refractivity contribution in [2.24, 2.45) is 0 Å². The highest BCUT2D eigenvalue weighted by Crippen LogP contribution is 2.30. The van der Waals surface area contributed by atoms with E-state index in [9.17, 15) is 5.21 Å². The molecule has 3 rings (SSSR count). The molecule has 5 heteroatoms.